The van der Waals surface area contributed by atoms with Crippen molar-refractivity contribution in [2.45, 2.75) is 11.8 Å². The molecule has 0 aliphatic heterocycles. The van der Waals surface area contributed by atoms with Crippen molar-refractivity contribution in [3.8, 4) is 0 Å². The van der Waals surface area contributed by atoms with Crippen LogP contribution in [0.2, 0.25) is 0 Å². The zero-order valence-electron chi connectivity index (χ0n) is 9.27. The van der Waals surface area contributed by atoms with Crippen LogP contribution in [0.4, 0.5) is 0 Å². The quantitative estimate of drug-likeness (QED) is 0.838. The number of rotatable bonds is 2. The molecule has 4 heteroatoms. The van der Waals surface area contributed by atoms with Crippen molar-refractivity contribution in [3.05, 3.63) is 42.6 Å². The van der Waals surface area contributed by atoms with Crippen molar-refractivity contribution in [1.29, 1.82) is 0 Å². The Balaban J connectivity index is 0.000000336. The first-order chi connectivity index (χ1) is 7.02. The fraction of sp³-hybridized carbons (Fsp3) is 0.273. The Morgan fingerprint density at radius 3 is 1.93 bits per heavy atom. The average Bonchev–Trinajstić information content (AvgIpc) is 2.20. The van der Waals surface area contributed by atoms with E-state index in [1.54, 1.807) is 30.3 Å². The fourth-order valence-corrected chi connectivity index (χ4v) is 1.49. The maximum absolute atomic E-state index is 10.8. The summed E-state index contributed by atoms with van der Waals surface area (Å²) in [7, 11) is -1.13. The van der Waals surface area contributed by atoms with E-state index in [1.807, 2.05) is 26.2 Å². The molecule has 0 atom stereocenters. The molecule has 0 radical (unpaired) electrons. The number of allylic oxidation sites excluding steroid dienone is 1. The highest BCUT2D eigenvalue weighted by Gasteiger charge is 2.02. The molecule has 0 unspecified atom stereocenters. The molecular formula is C11H17NO2S. The Bertz CT molecular complexity index is 382. The lowest BCUT2D eigenvalue weighted by Crippen LogP contribution is -1.95. The zero-order chi connectivity index (χ0) is 11.7. The van der Waals surface area contributed by atoms with Crippen LogP contribution in [-0.4, -0.2) is 21.7 Å². The number of benzene rings is 1. The van der Waals surface area contributed by atoms with E-state index >= 15 is 0 Å². The van der Waals surface area contributed by atoms with Gasteiger partial charge >= 0.3 is 0 Å². The van der Waals surface area contributed by atoms with Gasteiger partial charge in [-0.1, -0.05) is 24.3 Å². The lowest BCUT2D eigenvalue weighted by molar-refractivity contribution is 0.602. The molecule has 0 aliphatic carbocycles. The minimum absolute atomic E-state index is 0.370. The fourth-order valence-electron chi connectivity index (χ4n) is 0.834. The van der Waals surface area contributed by atoms with Gasteiger partial charge in [-0.25, -0.2) is 8.42 Å². The third-order valence-corrected chi connectivity index (χ3v) is 2.63. The third kappa shape index (κ3) is 6.74. The third-order valence-electron chi connectivity index (χ3n) is 1.50. The Kier molecular flexibility index (Phi) is 6.45. The van der Waals surface area contributed by atoms with Crippen LogP contribution in [0.25, 0.3) is 0 Å². The van der Waals surface area contributed by atoms with Gasteiger partial charge in [0, 0.05) is 13.3 Å². The van der Waals surface area contributed by atoms with Crippen molar-refractivity contribution in [2.24, 2.45) is 0 Å². The van der Waals surface area contributed by atoms with Gasteiger partial charge in [-0.3, -0.25) is 0 Å². The van der Waals surface area contributed by atoms with Crippen LogP contribution in [0.3, 0.4) is 0 Å². The topological polar surface area (TPSA) is 46.2 Å². The SMILES string of the molecule is CC=CNC.CS(=O)(=O)c1ccccc1. The zero-order valence-corrected chi connectivity index (χ0v) is 10.1. The molecule has 0 saturated heterocycles. The molecule has 0 aromatic heterocycles. The molecule has 1 N–H and O–H groups in total. The summed E-state index contributed by atoms with van der Waals surface area (Å²) in [6, 6.07) is 8.35. The molecule has 0 heterocycles. The van der Waals surface area contributed by atoms with Crippen LogP contribution in [0.1, 0.15) is 6.92 Å². The van der Waals surface area contributed by atoms with Gasteiger partial charge in [-0.15, -0.1) is 0 Å². The van der Waals surface area contributed by atoms with Crippen LogP contribution in [0.15, 0.2) is 47.5 Å². The monoisotopic (exact) mass is 227 g/mol. The molecule has 3 nitrogen and oxygen atoms in total. The highest BCUT2D eigenvalue weighted by molar-refractivity contribution is 7.90. The van der Waals surface area contributed by atoms with Crippen molar-refractivity contribution in [2.75, 3.05) is 13.3 Å². The lowest BCUT2D eigenvalue weighted by Gasteiger charge is -1.93. The van der Waals surface area contributed by atoms with E-state index in [-0.39, 0.29) is 0 Å². The summed E-state index contributed by atoms with van der Waals surface area (Å²) in [5.74, 6) is 0. The molecule has 84 valence electrons. The second-order valence-electron chi connectivity index (χ2n) is 2.87. The van der Waals surface area contributed by atoms with Gasteiger partial charge in [-0.2, -0.15) is 0 Å². The summed E-state index contributed by atoms with van der Waals surface area (Å²) in [6.07, 6.45) is 5.02. The second-order valence-corrected chi connectivity index (χ2v) is 4.89. The standard InChI is InChI=1S/C7H8O2S.C4H9N/c1-10(8,9)7-5-3-2-4-6-7;1-3-4-5-2/h2-6H,1H3;3-5H,1-2H3. The molecule has 0 spiro atoms. The van der Waals surface area contributed by atoms with E-state index in [2.05, 4.69) is 5.32 Å². The summed E-state index contributed by atoms with van der Waals surface area (Å²) >= 11 is 0. The van der Waals surface area contributed by atoms with E-state index < -0.39 is 9.84 Å². The summed E-state index contributed by atoms with van der Waals surface area (Å²) in [5, 5.41) is 2.84. The normalized spacial score (nSPS) is 10.6. The van der Waals surface area contributed by atoms with Gasteiger partial charge in [0.15, 0.2) is 9.84 Å². The largest absolute Gasteiger partial charge is 0.394 e. The van der Waals surface area contributed by atoms with Gasteiger partial charge in [0.05, 0.1) is 4.90 Å². The van der Waals surface area contributed by atoms with Gasteiger partial charge in [0.1, 0.15) is 0 Å². The van der Waals surface area contributed by atoms with Crippen LogP contribution >= 0.6 is 0 Å². The van der Waals surface area contributed by atoms with Gasteiger partial charge in [-0.05, 0) is 25.3 Å². The van der Waals surface area contributed by atoms with E-state index in [0.717, 1.165) is 0 Å². The Hall–Kier alpha value is -1.29. The highest BCUT2D eigenvalue weighted by Crippen LogP contribution is 2.05. The average molecular weight is 227 g/mol. The minimum Gasteiger partial charge on any atom is -0.394 e. The second kappa shape index (κ2) is 7.06. The Morgan fingerprint density at radius 2 is 1.73 bits per heavy atom. The van der Waals surface area contributed by atoms with E-state index in [0.29, 0.717) is 4.90 Å². The van der Waals surface area contributed by atoms with Crippen molar-refractivity contribution >= 4 is 9.84 Å². The number of nitrogens with one attached hydrogen (secondary N) is 1. The van der Waals surface area contributed by atoms with Crippen molar-refractivity contribution in [3.63, 3.8) is 0 Å². The van der Waals surface area contributed by atoms with Crippen LogP contribution < -0.4 is 5.32 Å². The molecule has 15 heavy (non-hydrogen) atoms. The molecule has 0 bridgehead atoms. The molecule has 0 saturated carbocycles. The summed E-state index contributed by atoms with van der Waals surface area (Å²) in [4.78, 5) is 0.370. The van der Waals surface area contributed by atoms with Crippen molar-refractivity contribution < 1.29 is 8.42 Å². The molecule has 1 aromatic carbocycles. The molecule has 0 fully saturated rings. The lowest BCUT2D eigenvalue weighted by atomic mass is 10.4. The Labute approximate surface area is 91.7 Å². The molecule has 0 aliphatic rings. The van der Waals surface area contributed by atoms with E-state index in [1.165, 1.54) is 6.26 Å². The molecular weight excluding hydrogens is 210 g/mol. The first-order valence-corrected chi connectivity index (χ1v) is 6.45. The predicted octanol–water partition coefficient (Wildman–Crippen LogP) is 1.83. The summed E-state index contributed by atoms with van der Waals surface area (Å²) < 4.78 is 21.7. The molecule has 1 aromatic rings. The number of sulfone groups is 1. The highest BCUT2D eigenvalue weighted by atomic mass is 32.2. The van der Waals surface area contributed by atoms with Gasteiger partial charge in [0.25, 0.3) is 0 Å². The summed E-state index contributed by atoms with van der Waals surface area (Å²) in [6.45, 7) is 1.97. The smallest absolute Gasteiger partial charge is 0.175 e. The van der Waals surface area contributed by atoms with E-state index in [4.69, 9.17) is 0 Å². The first-order valence-electron chi connectivity index (χ1n) is 4.56. The maximum Gasteiger partial charge on any atom is 0.175 e. The van der Waals surface area contributed by atoms with Crippen LogP contribution in [0, 0.1) is 0 Å². The molecule has 1 rings (SSSR count). The van der Waals surface area contributed by atoms with Crippen LogP contribution in [-0.2, 0) is 9.84 Å². The number of hydrogen-bond acceptors (Lipinski definition) is 3. The predicted molar refractivity (Wildman–Crippen MR) is 63.4 cm³/mol. The van der Waals surface area contributed by atoms with Gasteiger partial charge in [0.2, 0.25) is 0 Å². The Morgan fingerprint density at radius 1 is 1.20 bits per heavy atom. The van der Waals surface area contributed by atoms with E-state index in [9.17, 15) is 8.42 Å². The molecule has 0 amide bonds. The van der Waals surface area contributed by atoms with Gasteiger partial charge < -0.3 is 5.32 Å². The number of hydrogen-bond donors (Lipinski definition) is 1. The maximum atomic E-state index is 10.8. The van der Waals surface area contributed by atoms with Crippen LogP contribution in [0.5, 0.6) is 0 Å². The van der Waals surface area contributed by atoms with Crippen molar-refractivity contribution in [1.82, 2.24) is 5.32 Å². The minimum atomic E-state index is -3.00. The summed E-state index contributed by atoms with van der Waals surface area (Å²) in [5.41, 5.74) is 0. The first kappa shape index (κ1) is 13.7.